The minimum absolute atomic E-state index is 0.253. The molecule has 0 saturated carbocycles. The van der Waals surface area contributed by atoms with Crippen LogP contribution >= 0.6 is 0 Å². The molecule has 1 aliphatic rings. The fraction of sp³-hybridized carbons (Fsp3) is 0.231. The van der Waals surface area contributed by atoms with Crippen LogP contribution in [0.1, 0.15) is 36.5 Å². The molecule has 0 radical (unpaired) electrons. The summed E-state index contributed by atoms with van der Waals surface area (Å²) >= 11 is 0. The van der Waals surface area contributed by atoms with E-state index in [0.29, 0.717) is 0 Å². The van der Waals surface area contributed by atoms with Crippen molar-refractivity contribution in [2.24, 2.45) is 0 Å². The number of allylic oxidation sites excluding steroid dienone is 1. The van der Waals surface area contributed by atoms with E-state index >= 15 is 0 Å². The van der Waals surface area contributed by atoms with Gasteiger partial charge in [0.2, 0.25) is 0 Å². The zero-order valence-electron chi connectivity index (χ0n) is 16.8. The molecule has 0 spiro atoms. The lowest BCUT2D eigenvalue weighted by molar-refractivity contribution is 0.223. The highest BCUT2D eigenvalue weighted by Crippen LogP contribution is 2.35. The first kappa shape index (κ1) is 19.3. The fourth-order valence-corrected chi connectivity index (χ4v) is 3.93. The average Bonchev–Trinajstić information content (AvgIpc) is 3.27. The highest BCUT2D eigenvalue weighted by Gasteiger charge is 2.17. The van der Waals surface area contributed by atoms with Crippen molar-refractivity contribution in [1.29, 1.82) is 0 Å². The summed E-state index contributed by atoms with van der Waals surface area (Å²) in [4.78, 5) is 0. The van der Waals surface area contributed by atoms with Crippen LogP contribution in [0.3, 0.4) is 0 Å². The number of rotatable bonds is 6. The molecule has 29 heavy (non-hydrogen) atoms. The Labute approximate surface area is 172 Å². The van der Waals surface area contributed by atoms with E-state index in [0.717, 1.165) is 42.8 Å². The first-order valence-corrected chi connectivity index (χ1v) is 10.3. The topological polar surface area (TPSA) is 41.5 Å². The van der Waals surface area contributed by atoms with Gasteiger partial charge >= 0.3 is 0 Å². The van der Waals surface area contributed by atoms with E-state index < -0.39 is 0 Å². The van der Waals surface area contributed by atoms with Crippen LogP contribution < -0.4 is 10.1 Å². The number of aromatic hydroxyl groups is 1. The van der Waals surface area contributed by atoms with Crippen molar-refractivity contribution >= 4 is 11.1 Å². The van der Waals surface area contributed by atoms with Gasteiger partial charge in [0.15, 0.2) is 0 Å². The molecule has 3 aromatic carbocycles. The molecule has 0 amide bonds. The Morgan fingerprint density at radius 3 is 2.14 bits per heavy atom. The van der Waals surface area contributed by atoms with Gasteiger partial charge in [0.05, 0.1) is 0 Å². The number of hydrogen-bond donors (Lipinski definition) is 2. The van der Waals surface area contributed by atoms with E-state index in [-0.39, 0.29) is 11.9 Å². The van der Waals surface area contributed by atoms with Crippen molar-refractivity contribution in [3.63, 3.8) is 0 Å². The van der Waals surface area contributed by atoms with Gasteiger partial charge in [-0.3, -0.25) is 0 Å². The molecule has 1 atom stereocenters. The van der Waals surface area contributed by atoms with Gasteiger partial charge in [-0.2, -0.15) is 0 Å². The summed E-state index contributed by atoms with van der Waals surface area (Å²) < 4.78 is 6.09. The summed E-state index contributed by atoms with van der Waals surface area (Å²) in [6.07, 6.45) is 2.21. The van der Waals surface area contributed by atoms with Crippen LogP contribution in [0.25, 0.3) is 11.1 Å². The van der Waals surface area contributed by atoms with Gasteiger partial charge in [0, 0.05) is 6.54 Å². The van der Waals surface area contributed by atoms with Crippen molar-refractivity contribution in [3.8, 4) is 11.5 Å². The molecule has 4 rings (SSSR count). The number of phenolic OH excluding ortho intramolecular Hbond substituents is 1. The van der Waals surface area contributed by atoms with Gasteiger partial charge in [-0.25, -0.2) is 0 Å². The van der Waals surface area contributed by atoms with Crippen LogP contribution in [-0.4, -0.2) is 24.3 Å². The lowest BCUT2D eigenvalue weighted by Crippen LogP contribution is -2.19. The molecular weight excluding hydrogens is 358 g/mol. The van der Waals surface area contributed by atoms with E-state index in [1.807, 2.05) is 18.2 Å². The van der Waals surface area contributed by atoms with E-state index in [1.165, 1.54) is 16.7 Å². The predicted octanol–water partition coefficient (Wildman–Crippen LogP) is 5.50. The van der Waals surface area contributed by atoms with Crippen molar-refractivity contribution in [1.82, 2.24) is 5.32 Å². The van der Waals surface area contributed by atoms with Gasteiger partial charge < -0.3 is 15.2 Å². The Bertz CT molecular complexity index is 954. The first-order valence-electron chi connectivity index (χ1n) is 10.3. The minimum Gasteiger partial charge on any atom is -0.508 e. The molecule has 0 aliphatic carbocycles. The molecule has 0 aromatic heterocycles. The summed E-state index contributed by atoms with van der Waals surface area (Å²) in [7, 11) is 0. The number of nitrogens with one attached hydrogen (secondary N) is 1. The monoisotopic (exact) mass is 385 g/mol. The van der Waals surface area contributed by atoms with E-state index in [9.17, 15) is 5.11 Å². The quantitative estimate of drug-likeness (QED) is 0.550. The highest BCUT2D eigenvalue weighted by atomic mass is 16.5. The molecule has 148 valence electrons. The van der Waals surface area contributed by atoms with E-state index in [2.05, 4.69) is 60.8 Å². The molecule has 3 heteroatoms. The van der Waals surface area contributed by atoms with Crippen molar-refractivity contribution < 1.29 is 9.84 Å². The Morgan fingerprint density at radius 1 is 0.897 bits per heavy atom. The zero-order valence-corrected chi connectivity index (χ0v) is 16.8. The van der Waals surface area contributed by atoms with Gasteiger partial charge in [-0.1, -0.05) is 61.5 Å². The largest absolute Gasteiger partial charge is 0.508 e. The highest BCUT2D eigenvalue weighted by molar-refractivity contribution is 5.98. The van der Waals surface area contributed by atoms with Gasteiger partial charge in [-0.15, -0.1) is 0 Å². The second-order valence-electron chi connectivity index (χ2n) is 7.38. The molecule has 1 aliphatic heterocycles. The number of hydrogen-bond acceptors (Lipinski definition) is 3. The zero-order chi connectivity index (χ0) is 20.1. The third-order valence-corrected chi connectivity index (χ3v) is 5.39. The molecular formula is C26H27NO2. The second-order valence-corrected chi connectivity index (χ2v) is 7.38. The molecule has 2 N–H and O–H groups in total. The smallest absolute Gasteiger partial charge is 0.119 e. The van der Waals surface area contributed by atoms with Crippen molar-refractivity contribution in [3.05, 3.63) is 95.6 Å². The molecule has 1 saturated heterocycles. The maximum absolute atomic E-state index is 9.76. The molecule has 1 heterocycles. The first-order chi connectivity index (χ1) is 14.2. The molecule has 1 fully saturated rings. The summed E-state index contributed by atoms with van der Waals surface area (Å²) in [5, 5.41) is 13.1. The van der Waals surface area contributed by atoms with Crippen LogP contribution in [0.2, 0.25) is 0 Å². The number of ether oxygens (including phenoxy) is 1. The Morgan fingerprint density at radius 2 is 1.55 bits per heavy atom. The van der Waals surface area contributed by atoms with Crippen LogP contribution in [0.4, 0.5) is 0 Å². The molecule has 3 aromatic rings. The third kappa shape index (κ3) is 4.52. The van der Waals surface area contributed by atoms with Gasteiger partial charge in [-0.05, 0) is 71.5 Å². The van der Waals surface area contributed by atoms with Crippen LogP contribution in [-0.2, 0) is 0 Å². The van der Waals surface area contributed by atoms with Crippen molar-refractivity contribution in [2.75, 3.05) is 13.1 Å². The van der Waals surface area contributed by atoms with Crippen LogP contribution in [0, 0.1) is 0 Å². The lowest BCUT2D eigenvalue weighted by atomic mass is 9.88. The predicted molar refractivity (Wildman–Crippen MR) is 119 cm³/mol. The number of benzene rings is 3. The third-order valence-electron chi connectivity index (χ3n) is 5.39. The van der Waals surface area contributed by atoms with E-state index in [4.69, 9.17) is 4.74 Å². The SMILES string of the molecule is CCC(=C(c1ccc(O)cc1)c1ccc(OC2CCNC2)cc1)c1ccccc1. The summed E-state index contributed by atoms with van der Waals surface area (Å²) in [5.41, 5.74) is 5.93. The standard InChI is InChI=1S/C26H27NO2/c1-2-25(19-6-4-3-5-7-19)26(20-8-12-22(28)13-9-20)21-10-14-23(15-11-21)29-24-16-17-27-18-24/h3-15,24,27-28H,2,16-18H2,1H3. The fourth-order valence-electron chi connectivity index (χ4n) is 3.93. The normalized spacial score (nSPS) is 17.1. The lowest BCUT2D eigenvalue weighted by Gasteiger charge is -2.17. The Hall–Kier alpha value is -3.04. The Kier molecular flexibility index (Phi) is 5.97. The average molecular weight is 386 g/mol. The van der Waals surface area contributed by atoms with Crippen molar-refractivity contribution in [2.45, 2.75) is 25.9 Å². The molecule has 0 bridgehead atoms. The maximum Gasteiger partial charge on any atom is 0.119 e. The summed E-state index contributed by atoms with van der Waals surface area (Å²) in [5.74, 6) is 1.19. The maximum atomic E-state index is 9.76. The van der Waals surface area contributed by atoms with Crippen LogP contribution in [0.5, 0.6) is 11.5 Å². The summed E-state index contributed by atoms with van der Waals surface area (Å²) in [6, 6.07) is 26.4. The molecule has 1 unspecified atom stereocenters. The Balaban J connectivity index is 1.76. The van der Waals surface area contributed by atoms with E-state index in [1.54, 1.807) is 12.1 Å². The van der Waals surface area contributed by atoms with Gasteiger partial charge in [0.1, 0.15) is 17.6 Å². The summed E-state index contributed by atoms with van der Waals surface area (Å²) in [6.45, 7) is 4.12. The minimum atomic E-state index is 0.253. The van der Waals surface area contributed by atoms with Gasteiger partial charge in [0.25, 0.3) is 0 Å². The molecule has 3 nitrogen and oxygen atoms in total. The number of phenols is 1. The van der Waals surface area contributed by atoms with Crippen LogP contribution in [0.15, 0.2) is 78.9 Å². The second kappa shape index (κ2) is 8.97.